The Kier molecular flexibility index (Phi) is 4.82. The van der Waals surface area contributed by atoms with Crippen molar-refractivity contribution >= 4 is 16.7 Å². The molecule has 1 atom stereocenters. The van der Waals surface area contributed by atoms with Crippen LogP contribution in [0, 0.1) is 0 Å². The Morgan fingerprint density at radius 1 is 1.00 bits per heavy atom. The Bertz CT molecular complexity index is 907. The highest BCUT2D eigenvalue weighted by Crippen LogP contribution is 2.28. The zero-order valence-electron chi connectivity index (χ0n) is 13.8. The lowest BCUT2D eigenvalue weighted by Gasteiger charge is -2.14. The maximum atomic E-state index is 12.4. The van der Waals surface area contributed by atoms with Gasteiger partial charge in [0.15, 0.2) is 0 Å². The molecule has 4 nitrogen and oxygen atoms in total. The molecule has 0 aliphatic heterocycles. The molecule has 3 aromatic rings. The van der Waals surface area contributed by atoms with Gasteiger partial charge in [0.25, 0.3) is 0 Å². The van der Waals surface area contributed by atoms with Gasteiger partial charge >= 0.3 is 5.97 Å². The van der Waals surface area contributed by atoms with Gasteiger partial charge < -0.3 is 14.6 Å². The number of aliphatic hydroxyl groups excluding tert-OH is 1. The second kappa shape index (κ2) is 7.20. The molecule has 3 aromatic carbocycles. The standard InChI is InChI=1S/C21H18O4/c1-14(20(22)16-10-12-17(24-2)13-11-16)21(23)25-19-9-5-7-15-6-3-4-8-18(15)19/h3-13,20,22H,1H2,2H3/t20-/m1/s1. The average molecular weight is 334 g/mol. The van der Waals surface area contributed by atoms with Crippen molar-refractivity contribution in [3.63, 3.8) is 0 Å². The van der Waals surface area contributed by atoms with Crippen LogP contribution in [0.4, 0.5) is 0 Å². The minimum Gasteiger partial charge on any atom is -0.497 e. The predicted octanol–water partition coefficient (Wildman–Crippen LogP) is 4.04. The second-order valence-corrected chi connectivity index (χ2v) is 5.57. The topological polar surface area (TPSA) is 55.8 Å². The van der Waals surface area contributed by atoms with Crippen LogP contribution in [0.15, 0.2) is 78.9 Å². The summed E-state index contributed by atoms with van der Waals surface area (Å²) in [6.07, 6.45) is -1.15. The maximum Gasteiger partial charge on any atom is 0.341 e. The van der Waals surface area contributed by atoms with Crippen molar-refractivity contribution in [1.82, 2.24) is 0 Å². The lowest BCUT2D eigenvalue weighted by Crippen LogP contribution is -2.16. The summed E-state index contributed by atoms with van der Waals surface area (Å²) in [5.74, 6) is 0.436. The van der Waals surface area contributed by atoms with Crippen LogP contribution < -0.4 is 9.47 Å². The van der Waals surface area contributed by atoms with Gasteiger partial charge in [-0.05, 0) is 29.1 Å². The van der Waals surface area contributed by atoms with Crippen molar-refractivity contribution in [2.24, 2.45) is 0 Å². The SMILES string of the molecule is C=C(C(=O)Oc1cccc2ccccc12)[C@@H](O)c1ccc(OC)cc1. The molecule has 0 aliphatic carbocycles. The van der Waals surface area contributed by atoms with E-state index in [2.05, 4.69) is 6.58 Å². The van der Waals surface area contributed by atoms with E-state index in [9.17, 15) is 9.90 Å². The molecule has 4 heteroatoms. The van der Waals surface area contributed by atoms with E-state index in [4.69, 9.17) is 9.47 Å². The van der Waals surface area contributed by atoms with Crippen LogP contribution in [0.25, 0.3) is 10.8 Å². The largest absolute Gasteiger partial charge is 0.497 e. The first kappa shape index (κ1) is 16.7. The number of rotatable bonds is 5. The van der Waals surface area contributed by atoms with Crippen LogP contribution in [-0.2, 0) is 4.79 Å². The first-order chi connectivity index (χ1) is 12.1. The van der Waals surface area contributed by atoms with Crippen molar-refractivity contribution in [2.45, 2.75) is 6.10 Å². The summed E-state index contributed by atoms with van der Waals surface area (Å²) in [5.41, 5.74) is 0.513. The number of fused-ring (bicyclic) bond motifs is 1. The summed E-state index contributed by atoms with van der Waals surface area (Å²) in [7, 11) is 1.56. The summed E-state index contributed by atoms with van der Waals surface area (Å²) >= 11 is 0. The summed E-state index contributed by atoms with van der Waals surface area (Å²) < 4.78 is 10.5. The van der Waals surface area contributed by atoms with Crippen LogP contribution in [-0.4, -0.2) is 18.2 Å². The number of ether oxygens (including phenoxy) is 2. The molecule has 0 saturated heterocycles. The lowest BCUT2D eigenvalue weighted by molar-refractivity contribution is -0.131. The zero-order valence-corrected chi connectivity index (χ0v) is 13.8. The smallest absolute Gasteiger partial charge is 0.341 e. The number of benzene rings is 3. The molecule has 0 spiro atoms. The van der Waals surface area contributed by atoms with Gasteiger partial charge in [0.05, 0.1) is 12.7 Å². The van der Waals surface area contributed by atoms with E-state index < -0.39 is 12.1 Å². The van der Waals surface area contributed by atoms with E-state index in [-0.39, 0.29) is 5.57 Å². The monoisotopic (exact) mass is 334 g/mol. The molecule has 0 unspecified atom stereocenters. The van der Waals surface area contributed by atoms with Gasteiger partial charge in [-0.2, -0.15) is 0 Å². The van der Waals surface area contributed by atoms with Gasteiger partial charge in [0, 0.05) is 5.39 Å². The number of esters is 1. The van der Waals surface area contributed by atoms with E-state index in [1.165, 1.54) is 0 Å². The van der Waals surface area contributed by atoms with Crippen molar-refractivity contribution in [3.8, 4) is 11.5 Å². The van der Waals surface area contributed by atoms with Gasteiger partial charge in [0.1, 0.15) is 17.6 Å². The molecular weight excluding hydrogens is 316 g/mol. The normalized spacial score (nSPS) is 11.8. The molecule has 0 aliphatic rings. The number of hydrogen-bond donors (Lipinski definition) is 1. The van der Waals surface area contributed by atoms with E-state index in [0.717, 1.165) is 10.8 Å². The third-order valence-corrected chi connectivity index (χ3v) is 3.98. The number of aliphatic hydroxyl groups is 1. The molecule has 0 heterocycles. The van der Waals surface area contributed by atoms with Gasteiger partial charge in [-0.25, -0.2) is 4.79 Å². The van der Waals surface area contributed by atoms with Crippen molar-refractivity contribution in [2.75, 3.05) is 7.11 Å². The molecule has 0 bridgehead atoms. The van der Waals surface area contributed by atoms with E-state index in [1.807, 2.05) is 36.4 Å². The molecule has 3 rings (SSSR count). The molecule has 25 heavy (non-hydrogen) atoms. The number of carbonyl (C=O) groups excluding carboxylic acids is 1. The van der Waals surface area contributed by atoms with Crippen LogP contribution in [0.3, 0.4) is 0 Å². The number of methoxy groups -OCH3 is 1. The third kappa shape index (κ3) is 3.54. The fourth-order valence-corrected chi connectivity index (χ4v) is 2.55. The molecule has 1 N–H and O–H groups in total. The van der Waals surface area contributed by atoms with Crippen LogP contribution in [0.5, 0.6) is 11.5 Å². The Labute approximate surface area is 145 Å². The Balaban J connectivity index is 1.78. The minimum atomic E-state index is -1.15. The quantitative estimate of drug-likeness (QED) is 0.434. The zero-order chi connectivity index (χ0) is 17.8. The van der Waals surface area contributed by atoms with Crippen molar-refractivity contribution in [3.05, 3.63) is 84.4 Å². The lowest BCUT2D eigenvalue weighted by atomic mass is 10.0. The fourth-order valence-electron chi connectivity index (χ4n) is 2.55. The average Bonchev–Trinajstić information content (AvgIpc) is 2.67. The number of hydrogen-bond acceptors (Lipinski definition) is 4. The van der Waals surface area contributed by atoms with Crippen LogP contribution in [0.1, 0.15) is 11.7 Å². The highest BCUT2D eigenvalue weighted by molar-refractivity contribution is 5.95. The Hall–Kier alpha value is -3.11. The molecule has 0 saturated carbocycles. The molecule has 0 amide bonds. The summed E-state index contributed by atoms with van der Waals surface area (Å²) in [4.78, 5) is 12.4. The van der Waals surface area contributed by atoms with Gasteiger partial charge in [-0.3, -0.25) is 0 Å². The Morgan fingerprint density at radius 3 is 2.40 bits per heavy atom. The first-order valence-corrected chi connectivity index (χ1v) is 7.81. The van der Waals surface area contributed by atoms with Crippen LogP contribution >= 0.6 is 0 Å². The van der Waals surface area contributed by atoms with Crippen LogP contribution in [0.2, 0.25) is 0 Å². The molecule has 0 aromatic heterocycles. The third-order valence-electron chi connectivity index (χ3n) is 3.98. The summed E-state index contributed by atoms with van der Waals surface area (Å²) in [6, 6.07) is 19.9. The minimum absolute atomic E-state index is 0.0295. The molecule has 0 fully saturated rings. The molecule has 0 radical (unpaired) electrons. The van der Waals surface area contributed by atoms with Gasteiger partial charge in [-0.15, -0.1) is 0 Å². The maximum absolute atomic E-state index is 12.4. The highest BCUT2D eigenvalue weighted by Gasteiger charge is 2.21. The predicted molar refractivity (Wildman–Crippen MR) is 96.7 cm³/mol. The van der Waals surface area contributed by atoms with Crippen molar-refractivity contribution in [1.29, 1.82) is 0 Å². The van der Waals surface area contributed by atoms with Gasteiger partial charge in [0.2, 0.25) is 0 Å². The summed E-state index contributed by atoms with van der Waals surface area (Å²) in [5, 5.41) is 12.2. The molecule has 126 valence electrons. The fraction of sp³-hybridized carbons (Fsp3) is 0.0952. The van der Waals surface area contributed by atoms with E-state index in [1.54, 1.807) is 37.4 Å². The first-order valence-electron chi connectivity index (χ1n) is 7.81. The van der Waals surface area contributed by atoms with Gasteiger partial charge in [-0.1, -0.05) is 55.1 Å². The summed E-state index contributed by atoms with van der Waals surface area (Å²) in [6.45, 7) is 3.69. The van der Waals surface area contributed by atoms with E-state index >= 15 is 0 Å². The Morgan fingerprint density at radius 2 is 1.68 bits per heavy atom. The molecular formula is C21H18O4. The highest BCUT2D eigenvalue weighted by atomic mass is 16.5. The van der Waals surface area contributed by atoms with E-state index in [0.29, 0.717) is 17.1 Å². The second-order valence-electron chi connectivity index (χ2n) is 5.57. The number of carbonyl (C=O) groups is 1. The van der Waals surface area contributed by atoms with Crippen molar-refractivity contribution < 1.29 is 19.4 Å².